The van der Waals surface area contributed by atoms with Gasteiger partial charge < -0.3 is 9.64 Å². The molecule has 1 aliphatic rings. The van der Waals surface area contributed by atoms with Gasteiger partial charge in [-0.2, -0.15) is 0 Å². The van der Waals surface area contributed by atoms with E-state index in [1.165, 1.54) is 0 Å². The Morgan fingerprint density at radius 3 is 2.72 bits per heavy atom. The number of morpholine rings is 1. The minimum atomic E-state index is -0.321. The van der Waals surface area contributed by atoms with E-state index in [2.05, 4.69) is 0 Å². The standard InChI is InChI=1S/C12H22N2O4/c1-2-3-4-11(9-14(17)10-15)12(16)13-5-7-18-8-6-13/h10-11,17H,2-9H2,1H3/t11-/m1/s1. The second-order valence-electron chi connectivity index (χ2n) is 4.50. The van der Waals surface area contributed by atoms with Gasteiger partial charge in [0.1, 0.15) is 0 Å². The first-order valence-corrected chi connectivity index (χ1v) is 6.46. The second-order valence-corrected chi connectivity index (χ2v) is 4.50. The molecule has 0 aromatic rings. The Hall–Kier alpha value is -1.14. The highest BCUT2D eigenvalue weighted by Gasteiger charge is 2.26. The molecule has 104 valence electrons. The van der Waals surface area contributed by atoms with Gasteiger partial charge in [0.2, 0.25) is 12.3 Å². The predicted octanol–water partition coefficient (Wildman–Crippen LogP) is 0.499. The van der Waals surface area contributed by atoms with E-state index in [1.807, 2.05) is 6.92 Å². The van der Waals surface area contributed by atoms with E-state index in [9.17, 15) is 14.8 Å². The summed E-state index contributed by atoms with van der Waals surface area (Å²) >= 11 is 0. The fourth-order valence-corrected chi connectivity index (χ4v) is 2.05. The molecule has 1 N–H and O–H groups in total. The van der Waals surface area contributed by atoms with Crippen molar-refractivity contribution in [1.29, 1.82) is 0 Å². The van der Waals surface area contributed by atoms with Gasteiger partial charge in [-0.3, -0.25) is 14.8 Å². The highest BCUT2D eigenvalue weighted by molar-refractivity contribution is 5.79. The van der Waals surface area contributed by atoms with E-state index >= 15 is 0 Å². The van der Waals surface area contributed by atoms with Gasteiger partial charge in [0.15, 0.2) is 0 Å². The minimum Gasteiger partial charge on any atom is -0.378 e. The van der Waals surface area contributed by atoms with Crippen LogP contribution in [0.2, 0.25) is 0 Å². The number of amides is 2. The van der Waals surface area contributed by atoms with Crippen LogP contribution in [0.25, 0.3) is 0 Å². The van der Waals surface area contributed by atoms with Crippen LogP contribution in [0.15, 0.2) is 0 Å². The molecule has 1 saturated heterocycles. The largest absolute Gasteiger partial charge is 0.378 e. The molecule has 1 rings (SSSR count). The van der Waals surface area contributed by atoms with Crippen LogP contribution in [-0.4, -0.2) is 60.3 Å². The summed E-state index contributed by atoms with van der Waals surface area (Å²) < 4.78 is 5.20. The number of carbonyl (C=O) groups excluding carboxylic acids is 2. The van der Waals surface area contributed by atoms with Gasteiger partial charge in [-0.25, -0.2) is 5.06 Å². The molecule has 0 aromatic carbocycles. The van der Waals surface area contributed by atoms with Gasteiger partial charge in [-0.05, 0) is 6.42 Å². The zero-order valence-corrected chi connectivity index (χ0v) is 10.9. The Kier molecular flexibility index (Phi) is 6.67. The summed E-state index contributed by atoms with van der Waals surface area (Å²) in [5, 5.41) is 9.80. The third-order valence-electron chi connectivity index (χ3n) is 3.11. The zero-order chi connectivity index (χ0) is 13.4. The van der Waals surface area contributed by atoms with Crippen LogP contribution in [0.3, 0.4) is 0 Å². The van der Waals surface area contributed by atoms with Gasteiger partial charge in [-0.15, -0.1) is 0 Å². The fraction of sp³-hybridized carbons (Fsp3) is 0.833. The van der Waals surface area contributed by atoms with Gasteiger partial charge in [0, 0.05) is 13.1 Å². The van der Waals surface area contributed by atoms with Crippen LogP contribution in [0, 0.1) is 5.92 Å². The van der Waals surface area contributed by atoms with E-state index in [4.69, 9.17) is 4.74 Å². The van der Waals surface area contributed by atoms with Crippen molar-refractivity contribution in [2.75, 3.05) is 32.8 Å². The molecule has 18 heavy (non-hydrogen) atoms. The Morgan fingerprint density at radius 1 is 1.50 bits per heavy atom. The normalized spacial score (nSPS) is 17.3. The van der Waals surface area contributed by atoms with Gasteiger partial charge >= 0.3 is 0 Å². The van der Waals surface area contributed by atoms with E-state index in [0.29, 0.717) is 44.2 Å². The van der Waals surface area contributed by atoms with Gasteiger partial charge in [0.05, 0.1) is 25.7 Å². The van der Waals surface area contributed by atoms with Crippen molar-refractivity contribution in [3.63, 3.8) is 0 Å². The summed E-state index contributed by atoms with van der Waals surface area (Å²) in [6.07, 6.45) is 2.93. The summed E-state index contributed by atoms with van der Waals surface area (Å²) in [6, 6.07) is 0. The van der Waals surface area contributed by atoms with Crippen molar-refractivity contribution >= 4 is 12.3 Å². The molecule has 0 bridgehead atoms. The van der Waals surface area contributed by atoms with Crippen molar-refractivity contribution in [1.82, 2.24) is 9.96 Å². The molecule has 6 heteroatoms. The summed E-state index contributed by atoms with van der Waals surface area (Å²) in [4.78, 5) is 24.5. The number of unbranched alkanes of at least 4 members (excludes halogenated alkanes) is 1. The molecular weight excluding hydrogens is 236 g/mol. The Labute approximate surface area is 107 Å². The average Bonchev–Trinajstić information content (AvgIpc) is 2.43. The third-order valence-corrected chi connectivity index (χ3v) is 3.11. The number of ether oxygens (including phenoxy) is 1. The summed E-state index contributed by atoms with van der Waals surface area (Å²) in [5.74, 6) is -0.314. The molecule has 1 aliphatic heterocycles. The van der Waals surface area contributed by atoms with Crippen LogP contribution in [0.4, 0.5) is 0 Å². The highest BCUT2D eigenvalue weighted by Crippen LogP contribution is 2.14. The Bertz CT molecular complexity index is 267. The molecule has 1 atom stereocenters. The molecule has 0 spiro atoms. The van der Waals surface area contributed by atoms with Crippen molar-refractivity contribution in [3.05, 3.63) is 0 Å². The van der Waals surface area contributed by atoms with Crippen molar-refractivity contribution < 1.29 is 19.5 Å². The lowest BCUT2D eigenvalue weighted by molar-refractivity contribution is -0.158. The first kappa shape index (κ1) is 14.9. The molecule has 0 radical (unpaired) electrons. The van der Waals surface area contributed by atoms with E-state index < -0.39 is 0 Å². The molecule has 0 aromatic heterocycles. The molecule has 0 aliphatic carbocycles. The Balaban J connectivity index is 2.55. The van der Waals surface area contributed by atoms with Crippen LogP contribution in [-0.2, 0) is 14.3 Å². The maximum absolute atomic E-state index is 12.3. The number of hydrogen-bond acceptors (Lipinski definition) is 4. The quantitative estimate of drug-likeness (QED) is 0.410. The van der Waals surface area contributed by atoms with E-state index in [-0.39, 0.29) is 18.4 Å². The topological polar surface area (TPSA) is 70.1 Å². The Morgan fingerprint density at radius 2 is 2.17 bits per heavy atom. The number of hydrogen-bond donors (Lipinski definition) is 1. The van der Waals surface area contributed by atoms with Crippen molar-refractivity contribution in [3.8, 4) is 0 Å². The maximum atomic E-state index is 12.3. The molecule has 2 amide bonds. The first-order valence-electron chi connectivity index (χ1n) is 6.46. The van der Waals surface area contributed by atoms with Crippen molar-refractivity contribution in [2.45, 2.75) is 26.2 Å². The molecule has 1 fully saturated rings. The predicted molar refractivity (Wildman–Crippen MR) is 65.0 cm³/mol. The molecule has 6 nitrogen and oxygen atoms in total. The number of rotatable bonds is 7. The van der Waals surface area contributed by atoms with E-state index in [1.54, 1.807) is 4.90 Å². The van der Waals surface area contributed by atoms with Crippen LogP contribution in [0.1, 0.15) is 26.2 Å². The lowest BCUT2D eigenvalue weighted by Crippen LogP contribution is -2.46. The SMILES string of the molecule is CCCC[C@H](CN(O)C=O)C(=O)N1CCOCC1. The zero-order valence-electron chi connectivity index (χ0n) is 10.9. The van der Waals surface area contributed by atoms with Crippen LogP contribution in [0.5, 0.6) is 0 Å². The molecule has 1 heterocycles. The lowest BCUT2D eigenvalue weighted by atomic mass is 10.00. The number of nitrogens with zero attached hydrogens (tertiary/aromatic N) is 2. The third kappa shape index (κ3) is 4.62. The molecule has 0 saturated carbocycles. The average molecular weight is 258 g/mol. The van der Waals surface area contributed by atoms with Crippen LogP contribution >= 0.6 is 0 Å². The first-order chi connectivity index (χ1) is 8.69. The van der Waals surface area contributed by atoms with Gasteiger partial charge in [0.25, 0.3) is 0 Å². The smallest absolute Gasteiger partial charge is 0.233 e. The fourth-order valence-electron chi connectivity index (χ4n) is 2.05. The van der Waals surface area contributed by atoms with Crippen molar-refractivity contribution in [2.24, 2.45) is 5.92 Å². The monoisotopic (exact) mass is 258 g/mol. The number of hydroxylamine groups is 2. The summed E-state index contributed by atoms with van der Waals surface area (Å²) in [6.45, 7) is 4.42. The summed E-state index contributed by atoms with van der Waals surface area (Å²) in [7, 11) is 0. The second kappa shape index (κ2) is 8.05. The minimum absolute atomic E-state index is 0.00708. The summed E-state index contributed by atoms with van der Waals surface area (Å²) in [5.41, 5.74) is 0. The van der Waals surface area contributed by atoms with Gasteiger partial charge in [-0.1, -0.05) is 19.8 Å². The van der Waals surface area contributed by atoms with Crippen LogP contribution < -0.4 is 0 Å². The lowest BCUT2D eigenvalue weighted by Gasteiger charge is -2.31. The molecule has 0 unspecified atom stereocenters. The van der Waals surface area contributed by atoms with E-state index in [0.717, 1.165) is 12.8 Å². The highest BCUT2D eigenvalue weighted by atomic mass is 16.5. The maximum Gasteiger partial charge on any atom is 0.233 e. The molecular formula is C12H22N2O4. The number of carbonyl (C=O) groups is 2.